The summed E-state index contributed by atoms with van der Waals surface area (Å²) in [7, 11) is 1.81. The Hall–Kier alpha value is -2.34. The Balaban J connectivity index is 1.45. The third-order valence-electron chi connectivity index (χ3n) is 3.95. The van der Waals surface area contributed by atoms with Gasteiger partial charge in [0.05, 0.1) is 11.8 Å². The maximum Gasteiger partial charge on any atom is 0.407 e. The number of rotatable bonds is 4. The van der Waals surface area contributed by atoms with Gasteiger partial charge in [0, 0.05) is 37.7 Å². The quantitative estimate of drug-likeness (QED) is 0.901. The van der Waals surface area contributed by atoms with Crippen molar-refractivity contribution in [3.8, 4) is 0 Å². The van der Waals surface area contributed by atoms with Crippen LogP contribution in [0.15, 0.2) is 42.7 Å². The van der Waals surface area contributed by atoms with Crippen molar-refractivity contribution in [2.75, 3.05) is 0 Å². The number of nitrogens with one attached hydrogen (secondary N) is 1. The molecule has 1 heterocycles. The van der Waals surface area contributed by atoms with E-state index in [1.165, 1.54) is 0 Å². The van der Waals surface area contributed by atoms with Gasteiger partial charge in [0.2, 0.25) is 0 Å². The highest BCUT2D eigenvalue weighted by Crippen LogP contribution is 2.41. The van der Waals surface area contributed by atoms with Gasteiger partial charge in [-0.2, -0.15) is 5.10 Å². The number of ether oxygens (including phenoxy) is 1. The molecule has 0 atom stereocenters. The van der Waals surface area contributed by atoms with E-state index in [2.05, 4.69) is 10.4 Å². The molecular weight excluding hydrogens is 282 g/mol. The minimum absolute atomic E-state index is 0.0755. The Morgan fingerprint density at radius 1 is 1.45 bits per heavy atom. The summed E-state index contributed by atoms with van der Waals surface area (Å²) in [6, 6.07) is 9.44. The van der Waals surface area contributed by atoms with Crippen LogP contribution in [0, 0.1) is 0 Å². The first-order valence-electron chi connectivity index (χ1n) is 7.24. The van der Waals surface area contributed by atoms with Gasteiger partial charge in [-0.15, -0.1) is 0 Å². The van der Waals surface area contributed by atoms with E-state index in [0.717, 1.165) is 11.1 Å². The number of aryl methyl sites for hydroxylation is 1. The van der Waals surface area contributed by atoms with E-state index >= 15 is 0 Å². The molecule has 1 aromatic heterocycles. The van der Waals surface area contributed by atoms with Gasteiger partial charge in [-0.25, -0.2) is 4.79 Å². The summed E-state index contributed by atoms with van der Waals surface area (Å²) >= 11 is 0. The molecule has 6 nitrogen and oxygen atoms in total. The minimum Gasteiger partial charge on any atom is -0.445 e. The van der Waals surface area contributed by atoms with E-state index in [1.54, 1.807) is 17.1 Å². The zero-order chi connectivity index (χ0) is 15.6. The van der Waals surface area contributed by atoms with Crippen molar-refractivity contribution >= 4 is 6.09 Å². The standard InChI is InChI=1S/C16H19N3O3/c1-19-10-13(9-17-19)16(21)7-14(8-16)18-15(20)22-11-12-5-3-2-4-6-12/h2-6,9-10,14,21H,7-8,11H2,1H3,(H,18,20). The molecule has 1 aliphatic rings. The largest absolute Gasteiger partial charge is 0.445 e. The number of amides is 1. The molecule has 6 heteroatoms. The highest BCUT2D eigenvalue weighted by atomic mass is 16.5. The van der Waals surface area contributed by atoms with E-state index in [4.69, 9.17) is 4.74 Å². The lowest BCUT2D eigenvalue weighted by atomic mass is 9.72. The molecule has 22 heavy (non-hydrogen) atoms. The smallest absolute Gasteiger partial charge is 0.407 e. The summed E-state index contributed by atoms with van der Waals surface area (Å²) in [5.74, 6) is 0. The third kappa shape index (κ3) is 3.12. The van der Waals surface area contributed by atoms with Gasteiger partial charge in [-0.1, -0.05) is 30.3 Å². The fraction of sp³-hybridized carbons (Fsp3) is 0.375. The number of hydrogen-bond donors (Lipinski definition) is 2. The predicted molar refractivity (Wildman–Crippen MR) is 79.9 cm³/mol. The Labute approximate surface area is 128 Å². The first kappa shape index (κ1) is 14.6. The lowest BCUT2D eigenvalue weighted by molar-refractivity contribution is -0.0609. The summed E-state index contributed by atoms with van der Waals surface area (Å²) in [6.45, 7) is 0.242. The molecular formula is C16H19N3O3. The molecule has 2 N–H and O–H groups in total. The van der Waals surface area contributed by atoms with Crippen molar-refractivity contribution in [1.82, 2.24) is 15.1 Å². The number of carbonyl (C=O) groups is 1. The van der Waals surface area contributed by atoms with Crippen molar-refractivity contribution in [3.63, 3.8) is 0 Å². The minimum atomic E-state index is -0.897. The average molecular weight is 301 g/mol. The zero-order valence-electron chi connectivity index (χ0n) is 12.4. The Bertz CT molecular complexity index is 648. The van der Waals surface area contributed by atoms with Crippen molar-refractivity contribution < 1.29 is 14.6 Å². The molecule has 3 rings (SSSR count). The molecule has 1 fully saturated rings. The topological polar surface area (TPSA) is 76.4 Å². The normalized spacial score (nSPS) is 23.6. The van der Waals surface area contributed by atoms with Crippen molar-refractivity contribution in [3.05, 3.63) is 53.9 Å². The van der Waals surface area contributed by atoms with Crippen LogP contribution in [0.5, 0.6) is 0 Å². The number of carbonyl (C=O) groups excluding carboxylic acids is 1. The molecule has 0 bridgehead atoms. The van der Waals surface area contributed by atoms with Crippen molar-refractivity contribution in [1.29, 1.82) is 0 Å². The molecule has 1 amide bonds. The molecule has 0 radical (unpaired) electrons. The monoisotopic (exact) mass is 301 g/mol. The SMILES string of the molecule is Cn1cc(C2(O)CC(NC(=O)OCc3ccccc3)C2)cn1. The van der Waals surface area contributed by atoms with Crippen molar-refractivity contribution in [2.24, 2.45) is 7.05 Å². The highest BCUT2D eigenvalue weighted by molar-refractivity contribution is 5.67. The van der Waals surface area contributed by atoms with Crippen LogP contribution in [-0.2, 0) is 24.0 Å². The van der Waals surface area contributed by atoms with Crippen LogP contribution in [-0.4, -0.2) is 27.0 Å². The molecule has 1 aliphatic carbocycles. The van der Waals surface area contributed by atoms with Crippen LogP contribution in [0.4, 0.5) is 4.79 Å². The number of aromatic nitrogens is 2. The molecule has 116 valence electrons. The molecule has 0 spiro atoms. The Kier molecular flexibility index (Phi) is 3.85. The van der Waals surface area contributed by atoms with Gasteiger partial charge in [0.1, 0.15) is 6.61 Å². The molecule has 2 aromatic rings. The predicted octanol–water partition coefficient (Wildman–Crippen LogP) is 1.70. The second-order valence-corrected chi connectivity index (χ2v) is 5.75. The number of aliphatic hydroxyl groups is 1. The van der Waals surface area contributed by atoms with Gasteiger partial charge >= 0.3 is 6.09 Å². The highest BCUT2D eigenvalue weighted by Gasteiger charge is 2.45. The van der Waals surface area contributed by atoms with Crippen LogP contribution < -0.4 is 5.32 Å². The van der Waals surface area contributed by atoms with Crippen LogP contribution in [0.1, 0.15) is 24.0 Å². The summed E-state index contributed by atoms with van der Waals surface area (Å²) in [5, 5.41) is 17.3. The lowest BCUT2D eigenvalue weighted by Crippen LogP contribution is -2.53. The summed E-state index contributed by atoms with van der Waals surface area (Å²) in [4.78, 5) is 11.7. The second-order valence-electron chi connectivity index (χ2n) is 5.75. The van der Waals surface area contributed by atoms with E-state index in [1.807, 2.05) is 37.4 Å². The van der Waals surface area contributed by atoms with E-state index < -0.39 is 11.7 Å². The van der Waals surface area contributed by atoms with Gasteiger partial charge in [-0.05, 0) is 5.56 Å². The molecule has 0 unspecified atom stereocenters. The molecule has 1 saturated carbocycles. The summed E-state index contributed by atoms with van der Waals surface area (Å²) in [5.41, 5.74) is 0.829. The zero-order valence-corrected chi connectivity index (χ0v) is 12.4. The number of nitrogens with zero attached hydrogens (tertiary/aromatic N) is 2. The third-order valence-corrected chi connectivity index (χ3v) is 3.95. The Morgan fingerprint density at radius 3 is 2.82 bits per heavy atom. The first-order valence-corrected chi connectivity index (χ1v) is 7.24. The molecule has 1 aromatic carbocycles. The fourth-order valence-corrected chi connectivity index (χ4v) is 2.69. The number of hydrogen-bond acceptors (Lipinski definition) is 4. The second kappa shape index (κ2) is 5.81. The average Bonchev–Trinajstić information content (AvgIpc) is 2.91. The fourth-order valence-electron chi connectivity index (χ4n) is 2.69. The van der Waals surface area contributed by atoms with Gasteiger partial charge in [-0.3, -0.25) is 4.68 Å². The van der Waals surface area contributed by atoms with Crippen molar-refractivity contribution in [2.45, 2.75) is 31.1 Å². The number of alkyl carbamates (subject to hydrolysis) is 1. The Morgan fingerprint density at radius 2 is 2.18 bits per heavy atom. The van der Waals surface area contributed by atoms with Crippen LogP contribution in [0.3, 0.4) is 0 Å². The maximum atomic E-state index is 11.7. The van der Waals surface area contributed by atoms with Gasteiger partial charge < -0.3 is 15.2 Å². The lowest BCUT2D eigenvalue weighted by Gasteiger charge is -2.43. The number of benzene rings is 1. The summed E-state index contributed by atoms with van der Waals surface area (Å²) < 4.78 is 6.82. The van der Waals surface area contributed by atoms with E-state index in [0.29, 0.717) is 12.8 Å². The molecule has 0 saturated heterocycles. The van der Waals surface area contributed by atoms with E-state index in [9.17, 15) is 9.90 Å². The van der Waals surface area contributed by atoms with Crippen LogP contribution >= 0.6 is 0 Å². The summed E-state index contributed by atoms with van der Waals surface area (Å²) in [6.07, 6.45) is 3.94. The first-order chi connectivity index (χ1) is 10.5. The van der Waals surface area contributed by atoms with Gasteiger partial charge in [0.25, 0.3) is 0 Å². The molecule has 0 aliphatic heterocycles. The van der Waals surface area contributed by atoms with Crippen LogP contribution in [0.2, 0.25) is 0 Å². The van der Waals surface area contributed by atoms with Gasteiger partial charge in [0.15, 0.2) is 0 Å². The van der Waals surface area contributed by atoms with E-state index in [-0.39, 0.29) is 12.6 Å². The van der Waals surface area contributed by atoms with Crippen LogP contribution in [0.25, 0.3) is 0 Å². The maximum absolute atomic E-state index is 11.7.